The molecule has 2 aromatic rings. The average molecular weight is 269 g/mol. The molecular weight excluding hydrogens is 254 g/mol. The molecule has 0 aliphatic carbocycles. The molecule has 3 nitrogen and oxygen atoms in total. The van der Waals surface area contributed by atoms with E-state index in [1.807, 2.05) is 24.3 Å². The Balaban J connectivity index is 2.38. The Bertz CT molecular complexity index is 629. The van der Waals surface area contributed by atoms with Gasteiger partial charge in [-0.2, -0.15) is 0 Å². The monoisotopic (exact) mass is 269 g/mol. The van der Waals surface area contributed by atoms with Gasteiger partial charge < -0.3 is 5.73 Å². The van der Waals surface area contributed by atoms with E-state index in [1.165, 1.54) is 11.3 Å². The molecule has 17 heavy (non-hydrogen) atoms. The first kappa shape index (κ1) is 12.5. The molecule has 2 N–H and O–H groups in total. The van der Waals surface area contributed by atoms with Gasteiger partial charge in [0.2, 0.25) is 0 Å². The fourth-order valence-corrected chi connectivity index (χ4v) is 4.00. The molecule has 1 aromatic heterocycles. The highest BCUT2D eigenvalue weighted by Crippen LogP contribution is 2.27. The highest BCUT2D eigenvalue weighted by atomic mass is 32.2. The van der Waals surface area contributed by atoms with Gasteiger partial charge in [-0.05, 0) is 29.1 Å². The number of hydrogen-bond acceptors (Lipinski definition) is 4. The van der Waals surface area contributed by atoms with Crippen LogP contribution in [0.15, 0.2) is 24.3 Å². The molecule has 1 heterocycles. The van der Waals surface area contributed by atoms with Gasteiger partial charge in [-0.1, -0.05) is 13.0 Å². The van der Waals surface area contributed by atoms with Crippen LogP contribution >= 0.6 is 11.3 Å². The Morgan fingerprint density at radius 2 is 2.06 bits per heavy atom. The van der Waals surface area contributed by atoms with Crippen molar-refractivity contribution in [1.82, 2.24) is 0 Å². The average Bonchev–Trinajstić information content (AvgIpc) is 2.68. The zero-order chi connectivity index (χ0) is 12.5. The van der Waals surface area contributed by atoms with Crippen molar-refractivity contribution in [2.75, 3.05) is 5.75 Å². The van der Waals surface area contributed by atoms with E-state index < -0.39 is 9.84 Å². The molecule has 92 valence electrons. The maximum Gasteiger partial charge on any atom is 0.154 e. The molecule has 0 saturated carbocycles. The number of rotatable bonds is 4. The number of benzene rings is 1. The maximum absolute atomic E-state index is 11.6. The molecule has 1 aromatic carbocycles. The van der Waals surface area contributed by atoms with Crippen LogP contribution in [-0.4, -0.2) is 14.2 Å². The number of nitrogens with two attached hydrogens (primary N) is 1. The molecule has 5 heteroatoms. The van der Waals surface area contributed by atoms with Crippen LogP contribution in [-0.2, 0) is 22.1 Å². The van der Waals surface area contributed by atoms with Crippen LogP contribution in [0.2, 0.25) is 0 Å². The minimum Gasteiger partial charge on any atom is -0.326 e. The summed E-state index contributed by atoms with van der Waals surface area (Å²) in [5.74, 6) is 0.329. The summed E-state index contributed by atoms with van der Waals surface area (Å²) in [4.78, 5) is 0.899. The molecule has 0 bridgehead atoms. The highest BCUT2D eigenvalue weighted by Gasteiger charge is 2.11. The van der Waals surface area contributed by atoms with Gasteiger partial charge in [-0.3, -0.25) is 0 Å². The summed E-state index contributed by atoms with van der Waals surface area (Å²) in [6, 6.07) is 7.96. The van der Waals surface area contributed by atoms with Crippen molar-refractivity contribution in [3.63, 3.8) is 0 Å². The van der Waals surface area contributed by atoms with Crippen LogP contribution in [0.4, 0.5) is 0 Å². The van der Waals surface area contributed by atoms with Gasteiger partial charge in [0.05, 0.1) is 5.75 Å². The molecule has 0 fully saturated rings. The molecule has 0 unspecified atom stereocenters. The maximum atomic E-state index is 11.6. The van der Waals surface area contributed by atoms with E-state index in [0.29, 0.717) is 6.54 Å². The summed E-state index contributed by atoms with van der Waals surface area (Å²) < 4.78 is 24.2. The van der Waals surface area contributed by atoms with E-state index in [4.69, 9.17) is 5.73 Å². The van der Waals surface area contributed by atoms with Gasteiger partial charge in [0, 0.05) is 21.9 Å². The van der Waals surface area contributed by atoms with Gasteiger partial charge in [0.15, 0.2) is 9.84 Å². The molecule has 0 radical (unpaired) electrons. The molecule has 0 saturated heterocycles. The van der Waals surface area contributed by atoms with E-state index in [0.717, 1.165) is 20.5 Å². The van der Waals surface area contributed by atoms with E-state index in [9.17, 15) is 8.42 Å². The van der Waals surface area contributed by atoms with E-state index in [2.05, 4.69) is 0 Å². The second kappa shape index (κ2) is 4.76. The summed E-state index contributed by atoms with van der Waals surface area (Å²) in [6.07, 6.45) is 0. The first-order valence-electron chi connectivity index (χ1n) is 5.46. The normalized spacial score (nSPS) is 12.1. The van der Waals surface area contributed by atoms with Crippen molar-refractivity contribution < 1.29 is 8.42 Å². The largest absolute Gasteiger partial charge is 0.326 e. The van der Waals surface area contributed by atoms with Crippen molar-refractivity contribution in [3.05, 3.63) is 34.7 Å². The Labute approximate surface area is 105 Å². The van der Waals surface area contributed by atoms with Crippen LogP contribution in [0.3, 0.4) is 0 Å². The Hall–Kier alpha value is -0.910. The fourth-order valence-electron chi connectivity index (χ4n) is 1.66. The molecule has 0 atom stereocenters. The lowest BCUT2D eigenvalue weighted by Gasteiger charge is -1.96. The van der Waals surface area contributed by atoms with Gasteiger partial charge in [-0.15, -0.1) is 11.3 Å². The number of thiophene rings is 1. The third-order valence-corrected chi connectivity index (χ3v) is 5.60. The third-order valence-electron chi connectivity index (χ3n) is 2.67. The van der Waals surface area contributed by atoms with Crippen molar-refractivity contribution in [2.24, 2.45) is 5.73 Å². The summed E-state index contributed by atoms with van der Waals surface area (Å²) >= 11 is 1.54. The van der Waals surface area contributed by atoms with Crippen molar-refractivity contribution in [3.8, 4) is 0 Å². The zero-order valence-electron chi connectivity index (χ0n) is 9.64. The van der Waals surface area contributed by atoms with Gasteiger partial charge >= 0.3 is 0 Å². The lowest BCUT2D eigenvalue weighted by Crippen LogP contribution is -2.04. The first-order chi connectivity index (χ1) is 8.04. The highest BCUT2D eigenvalue weighted by molar-refractivity contribution is 7.90. The van der Waals surface area contributed by atoms with Crippen LogP contribution in [0.1, 0.15) is 17.4 Å². The second-order valence-electron chi connectivity index (χ2n) is 3.97. The molecule has 0 amide bonds. The predicted octanol–water partition coefficient (Wildman–Crippen LogP) is 2.29. The summed E-state index contributed by atoms with van der Waals surface area (Å²) in [5, 5.41) is 1.08. The van der Waals surface area contributed by atoms with E-state index in [1.54, 1.807) is 6.92 Å². The summed E-state index contributed by atoms with van der Waals surface area (Å²) in [7, 11) is -2.95. The van der Waals surface area contributed by atoms with Crippen LogP contribution in [0, 0.1) is 0 Å². The van der Waals surface area contributed by atoms with Gasteiger partial charge in [0.25, 0.3) is 0 Å². The molecule has 2 rings (SSSR count). The smallest absolute Gasteiger partial charge is 0.154 e. The fraction of sp³-hybridized carbons (Fsp3) is 0.333. The topological polar surface area (TPSA) is 60.2 Å². The molecular formula is C12H15NO2S2. The molecule has 0 aliphatic rings. The standard InChI is InChI=1S/C12H15NO2S2/c1-2-17(14,15)8-11-6-10-5-9(7-13)3-4-12(10)16-11/h3-6H,2,7-8,13H2,1H3. The van der Waals surface area contributed by atoms with Crippen LogP contribution in [0.25, 0.3) is 10.1 Å². The van der Waals surface area contributed by atoms with Crippen LogP contribution < -0.4 is 5.73 Å². The number of fused-ring (bicyclic) bond motifs is 1. The Kier molecular flexibility index (Phi) is 3.51. The van der Waals surface area contributed by atoms with Crippen molar-refractivity contribution in [1.29, 1.82) is 0 Å². The van der Waals surface area contributed by atoms with E-state index >= 15 is 0 Å². The first-order valence-corrected chi connectivity index (χ1v) is 8.09. The Morgan fingerprint density at radius 3 is 2.71 bits per heavy atom. The van der Waals surface area contributed by atoms with Gasteiger partial charge in [0.1, 0.15) is 0 Å². The summed E-state index contributed by atoms with van der Waals surface area (Å²) in [6.45, 7) is 2.18. The van der Waals surface area contributed by atoms with Crippen LogP contribution in [0.5, 0.6) is 0 Å². The SMILES string of the molecule is CCS(=O)(=O)Cc1cc2cc(CN)ccc2s1. The number of hydrogen-bond donors (Lipinski definition) is 1. The van der Waals surface area contributed by atoms with Gasteiger partial charge in [-0.25, -0.2) is 8.42 Å². The second-order valence-corrected chi connectivity index (χ2v) is 7.49. The summed E-state index contributed by atoms with van der Waals surface area (Å²) in [5.41, 5.74) is 6.65. The minimum absolute atomic E-state index is 0.140. The third kappa shape index (κ3) is 2.86. The number of sulfone groups is 1. The quantitative estimate of drug-likeness (QED) is 0.926. The predicted molar refractivity (Wildman–Crippen MR) is 72.9 cm³/mol. The van der Waals surface area contributed by atoms with Crippen molar-refractivity contribution in [2.45, 2.75) is 19.2 Å². The Morgan fingerprint density at radius 1 is 1.29 bits per heavy atom. The zero-order valence-corrected chi connectivity index (χ0v) is 11.3. The minimum atomic E-state index is -2.95. The molecule has 0 spiro atoms. The van der Waals surface area contributed by atoms with E-state index in [-0.39, 0.29) is 11.5 Å². The molecule has 0 aliphatic heterocycles. The lowest BCUT2D eigenvalue weighted by atomic mass is 10.2. The lowest BCUT2D eigenvalue weighted by molar-refractivity contribution is 0.597. The van der Waals surface area contributed by atoms with Crippen molar-refractivity contribution >= 4 is 31.3 Å².